The third kappa shape index (κ3) is 5.26. The van der Waals surface area contributed by atoms with Crippen LogP contribution in [0.1, 0.15) is 15.9 Å². The van der Waals surface area contributed by atoms with Gasteiger partial charge in [-0.05, 0) is 29.3 Å². The molecule has 0 saturated heterocycles. The molecule has 0 aliphatic heterocycles. The molecule has 17 heavy (non-hydrogen) atoms. The minimum atomic E-state index is -0.435. The molecule has 1 aromatic carbocycles. The smallest absolute Gasteiger partial charge is 0.252 e. The third-order valence-electron chi connectivity index (χ3n) is 2.39. The molecule has 0 fully saturated rings. The molecule has 5 heteroatoms. The van der Waals surface area contributed by atoms with E-state index in [1.165, 1.54) is 0 Å². The van der Waals surface area contributed by atoms with Crippen LogP contribution < -0.4 is 0 Å². The zero-order valence-corrected chi connectivity index (χ0v) is 11.6. The zero-order valence-electron chi connectivity index (χ0n) is 9.33. The molecule has 1 rings (SSSR count). The van der Waals surface area contributed by atoms with Crippen molar-refractivity contribution in [2.75, 3.05) is 24.8 Å². The molecule has 0 spiro atoms. The quantitative estimate of drug-likeness (QED) is 0.568. The summed E-state index contributed by atoms with van der Waals surface area (Å²) in [5.41, 5.74) is 1.62. The van der Waals surface area contributed by atoms with Gasteiger partial charge in [0.25, 0.3) is 5.24 Å². The first-order valence-corrected chi connectivity index (χ1v) is 6.75. The number of hydrogen-bond donors (Lipinski definition) is 0. The normalized spacial score (nSPS) is 10.8. The zero-order chi connectivity index (χ0) is 12.7. The summed E-state index contributed by atoms with van der Waals surface area (Å²) in [5.74, 6) is 1.16. The van der Waals surface area contributed by atoms with Crippen LogP contribution in [-0.4, -0.2) is 35.0 Å². The summed E-state index contributed by atoms with van der Waals surface area (Å²) in [7, 11) is 0. The Labute approximate surface area is 116 Å². The first kappa shape index (κ1) is 14.8. The van der Waals surface area contributed by atoms with Crippen molar-refractivity contribution in [3.05, 3.63) is 35.4 Å². The van der Waals surface area contributed by atoms with Crippen molar-refractivity contribution in [2.24, 2.45) is 0 Å². The number of nitrogens with zero attached hydrogens (tertiary/aromatic N) is 1. The first-order chi connectivity index (χ1) is 8.17. The van der Waals surface area contributed by atoms with Gasteiger partial charge in [-0.1, -0.05) is 12.1 Å². The predicted molar refractivity (Wildman–Crippen MR) is 73.3 cm³/mol. The lowest BCUT2D eigenvalue weighted by Crippen LogP contribution is -2.27. The number of rotatable bonds is 7. The fourth-order valence-corrected chi connectivity index (χ4v) is 2.11. The molecule has 0 heterocycles. The summed E-state index contributed by atoms with van der Waals surface area (Å²) >= 11 is 16.8. The Kier molecular flexibility index (Phi) is 6.90. The summed E-state index contributed by atoms with van der Waals surface area (Å²) in [6, 6.07) is 7.24. The second-order valence-corrected chi connectivity index (χ2v) is 4.72. The number of benzene rings is 1. The Morgan fingerprint density at radius 3 is 2.00 bits per heavy atom. The molecule has 1 aromatic rings. The highest BCUT2D eigenvalue weighted by Gasteiger charge is 2.06. The van der Waals surface area contributed by atoms with E-state index in [1.807, 2.05) is 12.1 Å². The molecule has 0 aliphatic rings. The number of alkyl halides is 2. The molecule has 0 radical (unpaired) electrons. The van der Waals surface area contributed by atoms with Gasteiger partial charge < -0.3 is 0 Å². The van der Waals surface area contributed by atoms with E-state index in [2.05, 4.69) is 4.90 Å². The molecular formula is C12H14Cl3NO. The number of carbonyl (C=O) groups is 1. The highest BCUT2D eigenvalue weighted by Crippen LogP contribution is 2.09. The number of hydrogen-bond acceptors (Lipinski definition) is 2. The molecule has 0 N–H and O–H groups in total. The average molecular weight is 295 g/mol. The lowest BCUT2D eigenvalue weighted by Gasteiger charge is -2.19. The Hall–Kier alpha value is -0.280. The Morgan fingerprint density at radius 2 is 1.59 bits per heavy atom. The highest BCUT2D eigenvalue weighted by atomic mass is 35.5. The molecule has 0 amide bonds. The van der Waals surface area contributed by atoms with Gasteiger partial charge in [-0.3, -0.25) is 9.69 Å². The number of carbonyl (C=O) groups excluding carboxylic acids is 1. The van der Waals surface area contributed by atoms with Gasteiger partial charge in [0.05, 0.1) is 0 Å². The molecule has 0 unspecified atom stereocenters. The van der Waals surface area contributed by atoms with Crippen molar-refractivity contribution in [2.45, 2.75) is 6.54 Å². The maximum atomic E-state index is 10.9. The van der Waals surface area contributed by atoms with Gasteiger partial charge in [-0.15, -0.1) is 23.2 Å². The Bertz CT molecular complexity index is 347. The van der Waals surface area contributed by atoms with E-state index < -0.39 is 5.24 Å². The lowest BCUT2D eigenvalue weighted by molar-refractivity contribution is 0.108. The van der Waals surface area contributed by atoms with Gasteiger partial charge in [0.15, 0.2) is 0 Å². The van der Waals surface area contributed by atoms with E-state index in [4.69, 9.17) is 34.8 Å². The maximum Gasteiger partial charge on any atom is 0.252 e. The van der Waals surface area contributed by atoms with Crippen molar-refractivity contribution in [1.82, 2.24) is 4.90 Å². The summed E-state index contributed by atoms with van der Waals surface area (Å²) in [6.07, 6.45) is 0. The highest BCUT2D eigenvalue weighted by molar-refractivity contribution is 6.67. The maximum absolute atomic E-state index is 10.9. The summed E-state index contributed by atoms with van der Waals surface area (Å²) in [4.78, 5) is 13.1. The minimum Gasteiger partial charge on any atom is -0.297 e. The fraction of sp³-hybridized carbons (Fsp3) is 0.417. The first-order valence-electron chi connectivity index (χ1n) is 5.30. The van der Waals surface area contributed by atoms with Crippen LogP contribution in [0.25, 0.3) is 0 Å². The van der Waals surface area contributed by atoms with Gasteiger partial charge in [-0.2, -0.15) is 0 Å². The Balaban J connectivity index is 2.62. The van der Waals surface area contributed by atoms with Gasteiger partial charge in [0.1, 0.15) is 0 Å². The van der Waals surface area contributed by atoms with E-state index in [-0.39, 0.29) is 0 Å². The molecule has 0 bridgehead atoms. The molecule has 94 valence electrons. The second kappa shape index (κ2) is 7.93. The van der Waals surface area contributed by atoms with E-state index in [0.717, 1.165) is 25.2 Å². The largest absolute Gasteiger partial charge is 0.297 e. The van der Waals surface area contributed by atoms with Gasteiger partial charge >= 0.3 is 0 Å². The SMILES string of the molecule is O=C(Cl)c1ccc(CN(CCCl)CCCl)cc1. The summed E-state index contributed by atoms with van der Waals surface area (Å²) < 4.78 is 0. The van der Waals surface area contributed by atoms with Gasteiger partial charge in [-0.25, -0.2) is 0 Å². The van der Waals surface area contributed by atoms with Crippen LogP contribution in [0.3, 0.4) is 0 Å². The van der Waals surface area contributed by atoms with Crippen LogP contribution in [0.2, 0.25) is 0 Å². The van der Waals surface area contributed by atoms with Crippen LogP contribution in [0.4, 0.5) is 0 Å². The van der Waals surface area contributed by atoms with Gasteiger partial charge in [0, 0.05) is 37.0 Å². The van der Waals surface area contributed by atoms with Crippen molar-refractivity contribution < 1.29 is 4.79 Å². The molecule has 0 atom stereocenters. The lowest BCUT2D eigenvalue weighted by atomic mass is 10.1. The molecule has 2 nitrogen and oxygen atoms in total. The van der Waals surface area contributed by atoms with Crippen LogP contribution in [0.15, 0.2) is 24.3 Å². The van der Waals surface area contributed by atoms with E-state index >= 15 is 0 Å². The molecule has 0 saturated carbocycles. The Morgan fingerprint density at radius 1 is 1.06 bits per heavy atom. The monoisotopic (exact) mass is 293 g/mol. The summed E-state index contributed by atoms with van der Waals surface area (Å²) in [5, 5.41) is -0.435. The topological polar surface area (TPSA) is 20.3 Å². The standard InChI is InChI=1S/C12H14Cl3NO/c13-5-7-16(8-6-14)9-10-1-3-11(4-2-10)12(15)17/h1-4H,5-9H2. The van der Waals surface area contributed by atoms with Crippen LogP contribution in [0, 0.1) is 0 Å². The van der Waals surface area contributed by atoms with E-state index in [9.17, 15) is 4.79 Å². The van der Waals surface area contributed by atoms with Crippen LogP contribution in [0.5, 0.6) is 0 Å². The third-order valence-corrected chi connectivity index (χ3v) is 2.94. The van der Waals surface area contributed by atoms with Gasteiger partial charge in [0.2, 0.25) is 0 Å². The average Bonchev–Trinajstić information content (AvgIpc) is 2.30. The van der Waals surface area contributed by atoms with E-state index in [0.29, 0.717) is 17.3 Å². The van der Waals surface area contributed by atoms with Crippen molar-refractivity contribution >= 4 is 40.0 Å². The van der Waals surface area contributed by atoms with Crippen LogP contribution in [-0.2, 0) is 6.54 Å². The number of halogens is 3. The van der Waals surface area contributed by atoms with E-state index in [1.54, 1.807) is 12.1 Å². The van der Waals surface area contributed by atoms with Crippen LogP contribution >= 0.6 is 34.8 Å². The minimum absolute atomic E-state index is 0.435. The summed E-state index contributed by atoms with van der Waals surface area (Å²) in [6.45, 7) is 2.37. The van der Waals surface area contributed by atoms with Crippen molar-refractivity contribution in [3.8, 4) is 0 Å². The van der Waals surface area contributed by atoms with Crippen molar-refractivity contribution in [1.29, 1.82) is 0 Å². The predicted octanol–water partition coefficient (Wildman–Crippen LogP) is 3.35. The van der Waals surface area contributed by atoms with Crippen molar-refractivity contribution in [3.63, 3.8) is 0 Å². The molecule has 0 aromatic heterocycles. The molecular weight excluding hydrogens is 280 g/mol. The fourth-order valence-electron chi connectivity index (χ4n) is 1.51. The molecule has 0 aliphatic carbocycles. The second-order valence-electron chi connectivity index (χ2n) is 3.62.